The molecule has 1 saturated heterocycles. The molecule has 0 unspecified atom stereocenters. The van der Waals surface area contributed by atoms with E-state index in [1.54, 1.807) is 35.0 Å². The highest BCUT2D eigenvalue weighted by Gasteiger charge is 2.18. The Labute approximate surface area is 158 Å². The number of nitrogens with zero attached hydrogens (tertiary/aromatic N) is 4. The molecule has 1 atom stereocenters. The van der Waals surface area contributed by atoms with Crippen molar-refractivity contribution in [3.63, 3.8) is 0 Å². The van der Waals surface area contributed by atoms with Crippen molar-refractivity contribution >= 4 is 6.03 Å². The van der Waals surface area contributed by atoms with E-state index in [1.165, 1.54) is 12.1 Å². The van der Waals surface area contributed by atoms with Crippen LogP contribution < -0.4 is 5.32 Å². The van der Waals surface area contributed by atoms with Crippen LogP contribution in [0.5, 0.6) is 0 Å². The van der Waals surface area contributed by atoms with Gasteiger partial charge in [0.1, 0.15) is 5.82 Å². The zero-order valence-corrected chi connectivity index (χ0v) is 15.8. The Morgan fingerprint density at radius 2 is 2.19 bits per heavy atom. The van der Waals surface area contributed by atoms with Crippen LogP contribution >= 0.6 is 0 Å². The van der Waals surface area contributed by atoms with E-state index in [2.05, 4.69) is 22.4 Å². The summed E-state index contributed by atoms with van der Waals surface area (Å²) in [6.45, 7) is 4.25. The van der Waals surface area contributed by atoms with E-state index in [9.17, 15) is 9.18 Å². The number of benzene rings is 1. The summed E-state index contributed by atoms with van der Waals surface area (Å²) in [4.78, 5) is 16.2. The average molecular weight is 375 g/mol. The van der Waals surface area contributed by atoms with Gasteiger partial charge in [-0.2, -0.15) is 5.10 Å². The van der Waals surface area contributed by atoms with Gasteiger partial charge in [0, 0.05) is 44.4 Å². The van der Waals surface area contributed by atoms with Crippen molar-refractivity contribution in [3.05, 3.63) is 48.0 Å². The lowest BCUT2D eigenvalue weighted by molar-refractivity contribution is 0.121. The molecule has 8 heteroatoms. The zero-order valence-electron chi connectivity index (χ0n) is 15.8. The molecule has 2 heterocycles. The number of ether oxygens (including phenoxy) is 1. The second-order valence-corrected chi connectivity index (χ2v) is 7.01. The van der Waals surface area contributed by atoms with Gasteiger partial charge in [0.25, 0.3) is 0 Å². The van der Waals surface area contributed by atoms with E-state index in [1.807, 2.05) is 6.20 Å². The van der Waals surface area contributed by atoms with Gasteiger partial charge in [0.15, 0.2) is 0 Å². The molecular formula is C19H26FN5O2. The van der Waals surface area contributed by atoms with Gasteiger partial charge in [0.2, 0.25) is 0 Å². The minimum Gasteiger partial charge on any atom is -0.380 e. The molecule has 0 spiro atoms. The monoisotopic (exact) mass is 375 g/mol. The number of hydrogen-bond acceptors (Lipinski definition) is 4. The minimum absolute atomic E-state index is 0.128. The maximum absolute atomic E-state index is 13.0. The molecule has 7 nitrogen and oxygen atoms in total. The fraction of sp³-hybridized carbons (Fsp3) is 0.474. The summed E-state index contributed by atoms with van der Waals surface area (Å²) >= 11 is 0. The molecule has 0 aliphatic carbocycles. The molecule has 0 bridgehead atoms. The zero-order chi connectivity index (χ0) is 19.2. The van der Waals surface area contributed by atoms with Gasteiger partial charge in [-0.3, -0.25) is 0 Å². The minimum atomic E-state index is -0.284. The van der Waals surface area contributed by atoms with Crippen LogP contribution in [-0.4, -0.2) is 72.6 Å². The van der Waals surface area contributed by atoms with Crippen molar-refractivity contribution < 1.29 is 13.9 Å². The summed E-state index contributed by atoms with van der Waals surface area (Å²) in [5.74, 6) is 0.00359. The molecule has 27 heavy (non-hydrogen) atoms. The molecule has 1 aliphatic rings. The number of hydrogen-bond donors (Lipinski definition) is 1. The lowest BCUT2D eigenvalue weighted by Gasteiger charge is -2.22. The van der Waals surface area contributed by atoms with Crippen LogP contribution in [0.1, 0.15) is 5.56 Å². The van der Waals surface area contributed by atoms with Gasteiger partial charge < -0.3 is 19.9 Å². The number of amides is 2. The number of carbonyl (C=O) groups excluding carboxylic acids is 1. The highest BCUT2D eigenvalue weighted by atomic mass is 19.1. The molecule has 1 aliphatic heterocycles. The van der Waals surface area contributed by atoms with Crippen LogP contribution in [0.2, 0.25) is 0 Å². The third-order valence-corrected chi connectivity index (χ3v) is 4.58. The number of rotatable bonds is 5. The molecule has 1 N–H and O–H groups in total. The van der Waals surface area contributed by atoms with Gasteiger partial charge in [-0.1, -0.05) is 0 Å². The lowest BCUT2D eigenvalue weighted by Crippen LogP contribution is -2.41. The van der Waals surface area contributed by atoms with Gasteiger partial charge in [-0.25, -0.2) is 13.9 Å². The number of carbonyl (C=O) groups is 1. The van der Waals surface area contributed by atoms with Crippen LogP contribution in [0.3, 0.4) is 0 Å². The maximum Gasteiger partial charge on any atom is 0.317 e. The summed E-state index contributed by atoms with van der Waals surface area (Å²) in [5.41, 5.74) is 1.67. The quantitative estimate of drug-likeness (QED) is 0.865. The Morgan fingerprint density at radius 1 is 1.41 bits per heavy atom. The highest BCUT2D eigenvalue weighted by Crippen LogP contribution is 2.11. The first-order chi connectivity index (χ1) is 13.0. The third kappa shape index (κ3) is 5.51. The van der Waals surface area contributed by atoms with E-state index in [0.717, 1.165) is 30.9 Å². The Kier molecular flexibility index (Phi) is 6.41. The largest absolute Gasteiger partial charge is 0.380 e. The van der Waals surface area contributed by atoms with Gasteiger partial charge in [-0.15, -0.1) is 0 Å². The summed E-state index contributed by atoms with van der Waals surface area (Å²) in [7, 11) is 3.81. The van der Waals surface area contributed by atoms with Crippen molar-refractivity contribution in [3.8, 4) is 5.69 Å². The number of urea groups is 1. The number of nitrogens with one attached hydrogen (secondary N) is 1. The molecule has 2 aromatic rings. The van der Waals surface area contributed by atoms with Crippen molar-refractivity contribution in [2.24, 2.45) is 5.92 Å². The van der Waals surface area contributed by atoms with E-state index in [-0.39, 0.29) is 17.8 Å². The predicted molar refractivity (Wildman–Crippen MR) is 100 cm³/mol. The summed E-state index contributed by atoms with van der Waals surface area (Å²) < 4.78 is 20.3. The van der Waals surface area contributed by atoms with Gasteiger partial charge in [0.05, 0.1) is 31.6 Å². The SMILES string of the molecule is CN1CCOC[C@H](CNC(=O)N(C)Cc2cnn(-c3ccc(F)cc3)c2)C1. The van der Waals surface area contributed by atoms with E-state index >= 15 is 0 Å². The topological polar surface area (TPSA) is 62.6 Å². The number of halogens is 1. The number of likely N-dealkylation sites (N-methyl/N-ethyl adjacent to an activating group) is 1. The Hall–Kier alpha value is -2.45. The van der Waals surface area contributed by atoms with Crippen molar-refractivity contribution in [2.75, 3.05) is 46.9 Å². The Balaban J connectivity index is 1.50. The molecule has 146 valence electrons. The lowest BCUT2D eigenvalue weighted by atomic mass is 10.1. The first-order valence-corrected chi connectivity index (χ1v) is 9.06. The molecule has 0 saturated carbocycles. The molecule has 3 rings (SSSR count). The molecule has 1 aromatic carbocycles. The van der Waals surface area contributed by atoms with Crippen LogP contribution in [0.15, 0.2) is 36.7 Å². The van der Waals surface area contributed by atoms with E-state index < -0.39 is 0 Å². The van der Waals surface area contributed by atoms with E-state index in [4.69, 9.17) is 4.74 Å². The van der Waals surface area contributed by atoms with Crippen LogP contribution in [0.25, 0.3) is 5.69 Å². The maximum atomic E-state index is 13.0. The standard InChI is InChI=1S/C19H26FN5O2/c1-23-7-8-27-14-16(11-23)9-21-19(26)24(2)12-15-10-22-25(13-15)18-5-3-17(20)4-6-18/h3-6,10,13,16H,7-9,11-12,14H2,1-2H3,(H,21,26)/t16-/m1/s1. The van der Waals surface area contributed by atoms with E-state index in [0.29, 0.717) is 19.7 Å². The fourth-order valence-corrected chi connectivity index (χ4v) is 3.07. The van der Waals surface area contributed by atoms with Crippen LogP contribution in [0.4, 0.5) is 9.18 Å². The molecular weight excluding hydrogens is 349 g/mol. The third-order valence-electron chi connectivity index (χ3n) is 4.58. The highest BCUT2D eigenvalue weighted by molar-refractivity contribution is 5.73. The first-order valence-electron chi connectivity index (χ1n) is 9.06. The average Bonchev–Trinajstić information content (AvgIpc) is 3.01. The second-order valence-electron chi connectivity index (χ2n) is 7.01. The summed E-state index contributed by atoms with van der Waals surface area (Å²) in [6.07, 6.45) is 3.55. The summed E-state index contributed by atoms with van der Waals surface area (Å²) in [6, 6.07) is 5.98. The fourth-order valence-electron chi connectivity index (χ4n) is 3.07. The van der Waals surface area contributed by atoms with Crippen molar-refractivity contribution in [2.45, 2.75) is 6.54 Å². The van der Waals surface area contributed by atoms with Crippen molar-refractivity contribution in [1.29, 1.82) is 0 Å². The molecule has 1 fully saturated rings. The van der Waals surface area contributed by atoms with Crippen molar-refractivity contribution in [1.82, 2.24) is 24.9 Å². The Bertz CT molecular complexity index is 749. The van der Waals surface area contributed by atoms with Gasteiger partial charge >= 0.3 is 6.03 Å². The molecule has 1 aromatic heterocycles. The smallest absolute Gasteiger partial charge is 0.317 e. The first kappa shape index (κ1) is 19.3. The summed E-state index contributed by atoms with van der Waals surface area (Å²) in [5, 5.41) is 7.26. The van der Waals surface area contributed by atoms with Gasteiger partial charge in [-0.05, 0) is 31.3 Å². The molecule has 2 amide bonds. The normalized spacial score (nSPS) is 18.1. The number of aromatic nitrogens is 2. The van der Waals surface area contributed by atoms with Crippen LogP contribution in [0, 0.1) is 11.7 Å². The van der Waals surface area contributed by atoms with Crippen LogP contribution in [-0.2, 0) is 11.3 Å². The second kappa shape index (κ2) is 8.96. The predicted octanol–water partition coefficient (Wildman–Crippen LogP) is 1.73. The molecule has 0 radical (unpaired) electrons. The Morgan fingerprint density at radius 3 is 2.96 bits per heavy atom.